The van der Waals surface area contributed by atoms with Crippen molar-refractivity contribution in [2.45, 2.75) is 25.9 Å². The predicted octanol–water partition coefficient (Wildman–Crippen LogP) is 2.06. The summed E-state index contributed by atoms with van der Waals surface area (Å²) in [6.07, 6.45) is 0.480. The molecule has 5 heteroatoms. The first-order valence-electron chi connectivity index (χ1n) is 5.23. The Morgan fingerprint density at radius 1 is 1.47 bits per heavy atom. The van der Waals surface area contributed by atoms with Crippen LogP contribution in [-0.2, 0) is 0 Å². The summed E-state index contributed by atoms with van der Waals surface area (Å²) in [4.78, 5) is 10.7. The monoisotopic (exact) mass is 242 g/mol. The zero-order valence-electron chi connectivity index (χ0n) is 9.74. The van der Waals surface area contributed by atoms with Gasteiger partial charge in [0.25, 0.3) is 0 Å². The van der Waals surface area contributed by atoms with Crippen LogP contribution in [0.25, 0.3) is 0 Å². The maximum atomic E-state index is 13.1. The van der Waals surface area contributed by atoms with Gasteiger partial charge in [-0.15, -0.1) is 0 Å². The number of carbonyl (C=O) groups is 1. The molecule has 94 valence electrons. The number of aromatic carboxylic acids is 1. The smallest absolute Gasteiger partial charge is 0.335 e. The highest BCUT2D eigenvalue weighted by atomic mass is 19.1. The Bertz CT molecular complexity index is 415. The fourth-order valence-electron chi connectivity index (χ4n) is 1.11. The molecule has 0 fully saturated rings. The zero-order chi connectivity index (χ0) is 13.1. The molecule has 1 unspecified atom stereocenters. The van der Waals surface area contributed by atoms with Crippen LogP contribution < -0.4 is 4.74 Å². The minimum Gasteiger partial charge on any atom is -0.490 e. The molecule has 1 atom stereocenters. The van der Waals surface area contributed by atoms with Gasteiger partial charge in [0.2, 0.25) is 0 Å². The third-order valence-corrected chi connectivity index (χ3v) is 2.43. The summed E-state index contributed by atoms with van der Waals surface area (Å²) in [5.74, 6) is -1.82. The van der Waals surface area contributed by atoms with Gasteiger partial charge in [-0.05, 0) is 25.5 Å². The van der Waals surface area contributed by atoms with E-state index in [0.29, 0.717) is 6.42 Å². The molecule has 1 aromatic rings. The van der Waals surface area contributed by atoms with E-state index in [0.717, 1.165) is 12.1 Å². The largest absolute Gasteiger partial charge is 0.490 e. The number of rotatable bonds is 5. The van der Waals surface area contributed by atoms with Crippen molar-refractivity contribution in [1.82, 2.24) is 0 Å². The van der Waals surface area contributed by atoms with E-state index in [2.05, 4.69) is 0 Å². The number of benzene rings is 1. The first kappa shape index (κ1) is 13.4. The maximum absolute atomic E-state index is 13.1. The molecule has 17 heavy (non-hydrogen) atoms. The fraction of sp³-hybridized carbons (Fsp3) is 0.417. The second kappa shape index (κ2) is 5.14. The van der Waals surface area contributed by atoms with Crippen LogP contribution >= 0.6 is 0 Å². The van der Waals surface area contributed by atoms with E-state index in [-0.39, 0.29) is 17.9 Å². The molecule has 0 saturated carbocycles. The lowest BCUT2D eigenvalue weighted by atomic mass is 10.1. The van der Waals surface area contributed by atoms with Crippen LogP contribution in [0.4, 0.5) is 4.39 Å². The van der Waals surface area contributed by atoms with Gasteiger partial charge in [0.1, 0.15) is 18.2 Å². The van der Waals surface area contributed by atoms with Crippen molar-refractivity contribution in [2.24, 2.45) is 0 Å². The highest BCUT2D eigenvalue weighted by molar-refractivity contribution is 5.88. The summed E-state index contributed by atoms with van der Waals surface area (Å²) in [6, 6.07) is 3.21. The maximum Gasteiger partial charge on any atom is 0.335 e. The Kier molecular flexibility index (Phi) is 4.07. The summed E-state index contributed by atoms with van der Waals surface area (Å²) >= 11 is 0. The molecule has 0 aliphatic rings. The molecule has 0 saturated heterocycles. The molecule has 4 nitrogen and oxygen atoms in total. The minimum absolute atomic E-state index is 0.0218. The van der Waals surface area contributed by atoms with Crippen LogP contribution in [0.2, 0.25) is 0 Å². The molecule has 0 amide bonds. The lowest BCUT2D eigenvalue weighted by Gasteiger charge is -2.21. The molecular weight excluding hydrogens is 227 g/mol. The van der Waals surface area contributed by atoms with E-state index < -0.39 is 17.4 Å². The first-order chi connectivity index (χ1) is 7.84. The minimum atomic E-state index is -1.23. The number of hydrogen-bond donors (Lipinski definition) is 2. The van der Waals surface area contributed by atoms with Crippen LogP contribution in [0.15, 0.2) is 18.2 Å². The van der Waals surface area contributed by atoms with E-state index in [1.807, 2.05) is 0 Å². The van der Waals surface area contributed by atoms with Gasteiger partial charge >= 0.3 is 5.97 Å². The van der Waals surface area contributed by atoms with Crippen molar-refractivity contribution in [2.75, 3.05) is 6.61 Å². The molecule has 0 aromatic heterocycles. The Hall–Kier alpha value is -1.62. The van der Waals surface area contributed by atoms with Crippen LogP contribution in [0.1, 0.15) is 30.6 Å². The average Bonchev–Trinajstić information content (AvgIpc) is 2.26. The Morgan fingerprint density at radius 2 is 2.12 bits per heavy atom. The van der Waals surface area contributed by atoms with Crippen molar-refractivity contribution in [3.05, 3.63) is 29.6 Å². The SMILES string of the molecule is CCC(C)(O)COc1cc(F)cc(C(=O)O)c1. The number of aliphatic hydroxyl groups is 1. The highest BCUT2D eigenvalue weighted by Gasteiger charge is 2.19. The van der Waals surface area contributed by atoms with E-state index >= 15 is 0 Å². The molecule has 2 N–H and O–H groups in total. The standard InChI is InChI=1S/C12H15FO4/c1-3-12(2,16)7-17-10-5-8(11(14)15)4-9(13)6-10/h4-6,16H,3,7H2,1-2H3,(H,14,15). The second-order valence-corrected chi connectivity index (χ2v) is 4.12. The Balaban J connectivity index is 2.81. The number of halogens is 1. The van der Waals surface area contributed by atoms with Crippen molar-refractivity contribution in [3.63, 3.8) is 0 Å². The summed E-state index contributed by atoms with van der Waals surface area (Å²) in [6.45, 7) is 3.36. The van der Waals surface area contributed by atoms with Gasteiger partial charge in [0, 0.05) is 6.07 Å². The number of hydrogen-bond acceptors (Lipinski definition) is 3. The normalized spacial score (nSPS) is 14.1. The Morgan fingerprint density at radius 3 is 2.65 bits per heavy atom. The summed E-state index contributed by atoms with van der Waals surface area (Å²) in [5.41, 5.74) is -1.20. The third-order valence-electron chi connectivity index (χ3n) is 2.43. The van der Waals surface area contributed by atoms with Gasteiger partial charge in [0.15, 0.2) is 0 Å². The predicted molar refractivity (Wildman–Crippen MR) is 59.8 cm³/mol. The fourth-order valence-corrected chi connectivity index (χ4v) is 1.11. The highest BCUT2D eigenvalue weighted by Crippen LogP contribution is 2.19. The summed E-state index contributed by atoms with van der Waals surface area (Å²) in [7, 11) is 0. The van der Waals surface area contributed by atoms with Gasteiger partial charge in [-0.3, -0.25) is 0 Å². The second-order valence-electron chi connectivity index (χ2n) is 4.12. The topological polar surface area (TPSA) is 66.8 Å². The summed E-state index contributed by atoms with van der Waals surface area (Å²) in [5, 5.41) is 18.4. The van der Waals surface area contributed by atoms with E-state index in [4.69, 9.17) is 9.84 Å². The molecular formula is C12H15FO4. The molecule has 0 aliphatic heterocycles. The molecule has 0 heterocycles. The molecule has 0 radical (unpaired) electrons. The van der Waals surface area contributed by atoms with E-state index in [9.17, 15) is 14.3 Å². The third kappa shape index (κ3) is 4.03. The number of carboxylic acid groups (broad SMARTS) is 1. The van der Waals surface area contributed by atoms with Crippen LogP contribution in [0.3, 0.4) is 0 Å². The Labute approximate surface area is 98.7 Å². The van der Waals surface area contributed by atoms with Crippen molar-refractivity contribution >= 4 is 5.97 Å². The molecule has 1 rings (SSSR count). The van der Waals surface area contributed by atoms with Gasteiger partial charge in [-0.2, -0.15) is 0 Å². The zero-order valence-corrected chi connectivity index (χ0v) is 9.74. The van der Waals surface area contributed by atoms with Crippen LogP contribution in [0, 0.1) is 5.82 Å². The molecule has 0 aliphatic carbocycles. The lowest BCUT2D eigenvalue weighted by molar-refractivity contribution is 0.00835. The van der Waals surface area contributed by atoms with Gasteiger partial charge in [0.05, 0.1) is 11.2 Å². The number of carboxylic acids is 1. The van der Waals surface area contributed by atoms with E-state index in [1.54, 1.807) is 13.8 Å². The summed E-state index contributed by atoms with van der Waals surface area (Å²) < 4.78 is 18.3. The lowest BCUT2D eigenvalue weighted by Crippen LogP contribution is -2.31. The van der Waals surface area contributed by atoms with Crippen LogP contribution in [0.5, 0.6) is 5.75 Å². The quantitative estimate of drug-likeness (QED) is 0.829. The van der Waals surface area contributed by atoms with Gasteiger partial charge < -0.3 is 14.9 Å². The van der Waals surface area contributed by atoms with Gasteiger partial charge in [-0.25, -0.2) is 9.18 Å². The number of ether oxygens (including phenoxy) is 1. The first-order valence-corrected chi connectivity index (χ1v) is 5.23. The molecule has 0 spiro atoms. The van der Waals surface area contributed by atoms with Crippen LogP contribution in [-0.4, -0.2) is 28.4 Å². The van der Waals surface area contributed by atoms with E-state index in [1.165, 1.54) is 6.07 Å². The molecule has 0 bridgehead atoms. The van der Waals surface area contributed by atoms with Crippen molar-refractivity contribution in [1.29, 1.82) is 0 Å². The van der Waals surface area contributed by atoms with Gasteiger partial charge in [-0.1, -0.05) is 6.92 Å². The van der Waals surface area contributed by atoms with Crippen molar-refractivity contribution < 1.29 is 24.1 Å². The van der Waals surface area contributed by atoms with Crippen molar-refractivity contribution in [3.8, 4) is 5.75 Å². The molecule has 1 aromatic carbocycles. The average molecular weight is 242 g/mol.